The molecule has 1 amide bonds. The molecule has 7 nitrogen and oxygen atoms in total. The van der Waals surface area contributed by atoms with Crippen LogP contribution in [-0.2, 0) is 25.5 Å². The van der Waals surface area contributed by atoms with Crippen LogP contribution in [0.25, 0.3) is 0 Å². The number of amides is 1. The van der Waals surface area contributed by atoms with Crippen LogP contribution in [-0.4, -0.2) is 50.4 Å². The highest BCUT2D eigenvalue weighted by Crippen LogP contribution is 2.18. The summed E-state index contributed by atoms with van der Waals surface area (Å²) in [6, 6.07) is 7.40. The van der Waals surface area contributed by atoms with Crippen molar-refractivity contribution in [1.29, 1.82) is 0 Å². The minimum atomic E-state index is -0.389. The molecule has 2 atom stereocenters. The number of nitrogens with two attached hydrogens (primary N) is 1. The normalized spacial score (nSPS) is 19.4. The summed E-state index contributed by atoms with van der Waals surface area (Å²) in [6.45, 7) is 2.98. The molecule has 2 rings (SSSR count). The van der Waals surface area contributed by atoms with Gasteiger partial charge in [-0.25, -0.2) is 4.79 Å². The van der Waals surface area contributed by atoms with Crippen molar-refractivity contribution in [2.45, 2.75) is 38.4 Å². The summed E-state index contributed by atoms with van der Waals surface area (Å²) in [4.78, 5) is 23.2. The monoisotopic (exact) mass is 350 g/mol. The van der Waals surface area contributed by atoms with Gasteiger partial charge in [0.25, 0.3) is 0 Å². The van der Waals surface area contributed by atoms with Gasteiger partial charge in [-0.3, -0.25) is 4.79 Å². The van der Waals surface area contributed by atoms with Gasteiger partial charge in [0.15, 0.2) is 6.61 Å². The van der Waals surface area contributed by atoms with E-state index in [0.29, 0.717) is 31.9 Å². The smallest absolute Gasteiger partial charge is 0.344 e. The first kappa shape index (κ1) is 19.2. The molecule has 1 fully saturated rings. The molecule has 1 saturated heterocycles. The fraction of sp³-hybridized carbons (Fsp3) is 0.556. The number of benzene rings is 1. The van der Waals surface area contributed by atoms with E-state index in [1.165, 1.54) is 0 Å². The number of hydrogen-bond donors (Lipinski definition) is 2. The van der Waals surface area contributed by atoms with Crippen molar-refractivity contribution >= 4 is 11.9 Å². The molecule has 25 heavy (non-hydrogen) atoms. The molecule has 0 radical (unpaired) electrons. The van der Waals surface area contributed by atoms with Crippen molar-refractivity contribution < 1.29 is 23.8 Å². The van der Waals surface area contributed by atoms with Gasteiger partial charge in [-0.05, 0) is 43.9 Å². The number of ether oxygens (including phenoxy) is 3. The van der Waals surface area contributed by atoms with Gasteiger partial charge in [0.1, 0.15) is 11.9 Å². The lowest BCUT2D eigenvalue weighted by atomic mass is 10.1. The average molecular weight is 350 g/mol. The highest BCUT2D eigenvalue weighted by molar-refractivity contribution is 5.81. The second-order valence-corrected chi connectivity index (χ2v) is 5.84. The molecular weight excluding hydrogens is 324 g/mol. The Morgan fingerprint density at radius 1 is 1.28 bits per heavy atom. The summed E-state index contributed by atoms with van der Waals surface area (Å²) < 4.78 is 15.7. The third-order valence-corrected chi connectivity index (χ3v) is 3.96. The molecule has 1 aliphatic rings. The zero-order chi connectivity index (χ0) is 18.1. The van der Waals surface area contributed by atoms with Crippen LogP contribution in [0.2, 0.25) is 0 Å². The molecule has 1 aromatic rings. The number of nitrogens with one attached hydrogen (secondary N) is 1. The highest BCUT2D eigenvalue weighted by Gasteiger charge is 2.29. The van der Waals surface area contributed by atoms with Crippen molar-refractivity contribution in [3.63, 3.8) is 0 Å². The van der Waals surface area contributed by atoms with Gasteiger partial charge < -0.3 is 25.3 Å². The van der Waals surface area contributed by atoms with E-state index in [1.54, 1.807) is 19.1 Å². The predicted molar refractivity (Wildman–Crippen MR) is 92.2 cm³/mol. The maximum absolute atomic E-state index is 12.0. The van der Waals surface area contributed by atoms with Crippen LogP contribution in [0.1, 0.15) is 25.3 Å². The van der Waals surface area contributed by atoms with E-state index in [2.05, 4.69) is 5.32 Å². The largest absolute Gasteiger partial charge is 0.482 e. The topological polar surface area (TPSA) is 99.9 Å². The standard InChI is InChI=1S/C18H26N2O5/c1-2-23-17(21)12-24-14-5-3-13(4-6-14)9-10-20-18(22)16-8-7-15(11-19)25-16/h3-6,15-16H,2,7-12,19H2,1H3,(H,20,22)/t15-,16+/m1/s1. The predicted octanol–water partition coefficient (Wildman–Crippen LogP) is 0.794. The van der Waals surface area contributed by atoms with Crippen molar-refractivity contribution in [2.75, 3.05) is 26.3 Å². The first-order valence-electron chi connectivity index (χ1n) is 8.63. The zero-order valence-electron chi connectivity index (χ0n) is 14.5. The Kier molecular flexibility index (Phi) is 7.69. The van der Waals surface area contributed by atoms with E-state index in [4.69, 9.17) is 19.9 Å². The van der Waals surface area contributed by atoms with Crippen LogP contribution >= 0.6 is 0 Å². The van der Waals surface area contributed by atoms with Gasteiger partial charge in [0, 0.05) is 13.1 Å². The Labute approximate surface area is 147 Å². The van der Waals surface area contributed by atoms with Crippen LogP contribution in [0.3, 0.4) is 0 Å². The van der Waals surface area contributed by atoms with Crippen molar-refractivity contribution in [1.82, 2.24) is 5.32 Å². The maximum atomic E-state index is 12.0. The Morgan fingerprint density at radius 2 is 2.04 bits per heavy atom. The van der Waals surface area contributed by atoms with E-state index in [9.17, 15) is 9.59 Å². The van der Waals surface area contributed by atoms with Crippen molar-refractivity contribution in [3.8, 4) is 5.75 Å². The van der Waals surface area contributed by atoms with Gasteiger partial charge in [-0.2, -0.15) is 0 Å². The molecule has 0 aromatic heterocycles. The van der Waals surface area contributed by atoms with Gasteiger partial charge in [0.2, 0.25) is 5.91 Å². The first-order valence-corrected chi connectivity index (χ1v) is 8.63. The van der Waals surface area contributed by atoms with Gasteiger partial charge >= 0.3 is 5.97 Å². The molecule has 0 spiro atoms. The number of carbonyl (C=O) groups is 2. The van der Waals surface area contributed by atoms with Crippen LogP contribution in [0.15, 0.2) is 24.3 Å². The molecule has 0 bridgehead atoms. The summed E-state index contributed by atoms with van der Waals surface area (Å²) >= 11 is 0. The zero-order valence-corrected chi connectivity index (χ0v) is 14.5. The van der Waals surface area contributed by atoms with Gasteiger partial charge in [-0.1, -0.05) is 12.1 Å². The Balaban J connectivity index is 1.67. The lowest BCUT2D eigenvalue weighted by Crippen LogP contribution is -2.36. The number of esters is 1. The Bertz CT molecular complexity index is 561. The minimum absolute atomic E-state index is 0.00194. The summed E-state index contributed by atoms with van der Waals surface area (Å²) in [5.41, 5.74) is 6.61. The summed E-state index contributed by atoms with van der Waals surface area (Å²) in [6.07, 6.45) is 1.88. The van der Waals surface area contributed by atoms with E-state index < -0.39 is 0 Å². The lowest BCUT2D eigenvalue weighted by molar-refractivity contribution is -0.145. The second-order valence-electron chi connectivity index (χ2n) is 5.84. The fourth-order valence-electron chi connectivity index (χ4n) is 2.61. The maximum Gasteiger partial charge on any atom is 0.344 e. The van der Waals surface area contributed by atoms with Crippen LogP contribution in [0.5, 0.6) is 5.75 Å². The third-order valence-electron chi connectivity index (χ3n) is 3.96. The first-order chi connectivity index (χ1) is 12.1. The molecule has 3 N–H and O–H groups in total. The quantitative estimate of drug-likeness (QED) is 0.639. The summed E-state index contributed by atoms with van der Waals surface area (Å²) in [5, 5.41) is 2.89. The van der Waals surface area contributed by atoms with Crippen LogP contribution in [0, 0.1) is 0 Å². The molecule has 1 heterocycles. The van der Waals surface area contributed by atoms with Crippen molar-refractivity contribution in [2.24, 2.45) is 5.73 Å². The molecular formula is C18H26N2O5. The summed E-state index contributed by atoms with van der Waals surface area (Å²) in [7, 11) is 0. The Hall–Kier alpha value is -2.12. The van der Waals surface area contributed by atoms with E-state index >= 15 is 0 Å². The van der Waals surface area contributed by atoms with E-state index in [1.807, 2.05) is 12.1 Å². The lowest BCUT2D eigenvalue weighted by Gasteiger charge is -2.12. The number of rotatable bonds is 9. The summed E-state index contributed by atoms with van der Waals surface area (Å²) in [5.74, 6) is 0.138. The molecule has 138 valence electrons. The van der Waals surface area contributed by atoms with Gasteiger partial charge in [0.05, 0.1) is 12.7 Å². The number of carbonyl (C=O) groups excluding carboxylic acids is 2. The molecule has 7 heteroatoms. The van der Waals surface area contributed by atoms with Crippen molar-refractivity contribution in [3.05, 3.63) is 29.8 Å². The van der Waals surface area contributed by atoms with Gasteiger partial charge in [-0.15, -0.1) is 0 Å². The molecule has 1 aromatic carbocycles. The SMILES string of the molecule is CCOC(=O)COc1ccc(CCNC(=O)[C@@H]2CC[C@H](CN)O2)cc1. The average Bonchev–Trinajstić information content (AvgIpc) is 3.10. The fourth-order valence-corrected chi connectivity index (χ4v) is 2.61. The third kappa shape index (κ3) is 6.36. The molecule has 1 aliphatic heterocycles. The van der Waals surface area contributed by atoms with E-state index in [0.717, 1.165) is 18.4 Å². The second kappa shape index (κ2) is 10.0. The van der Waals surface area contributed by atoms with Crippen LogP contribution < -0.4 is 15.8 Å². The Morgan fingerprint density at radius 3 is 2.68 bits per heavy atom. The molecule has 0 saturated carbocycles. The van der Waals surface area contributed by atoms with Crippen LogP contribution in [0.4, 0.5) is 0 Å². The van der Waals surface area contributed by atoms with E-state index in [-0.39, 0.29) is 30.7 Å². The highest BCUT2D eigenvalue weighted by atomic mass is 16.6. The molecule has 0 aliphatic carbocycles. The number of hydrogen-bond acceptors (Lipinski definition) is 6. The minimum Gasteiger partial charge on any atom is -0.482 e. The molecule has 0 unspecified atom stereocenters.